The van der Waals surface area contributed by atoms with E-state index in [9.17, 15) is 9.59 Å². The fraction of sp³-hybridized carbons (Fsp3) is 0.200. The van der Waals surface area contributed by atoms with Crippen molar-refractivity contribution < 1.29 is 18.8 Å². The fourth-order valence-corrected chi connectivity index (χ4v) is 0.853. The Morgan fingerprint density at radius 3 is 2.80 bits per heavy atom. The average Bonchev–Trinajstić information content (AvgIpc) is 2.76. The van der Waals surface area contributed by atoms with E-state index in [-0.39, 0.29) is 0 Å². The molecule has 15 heavy (non-hydrogen) atoms. The lowest BCUT2D eigenvalue weighted by Gasteiger charge is -2.10. The maximum Gasteiger partial charge on any atom is 0.317 e. The quantitative estimate of drug-likeness (QED) is 0.419. The Bertz CT molecular complexity index is 367. The summed E-state index contributed by atoms with van der Waals surface area (Å²) in [6.07, 6.45) is 4.04. The van der Waals surface area contributed by atoms with Crippen LogP contribution in [0, 0.1) is 0 Å². The number of furan rings is 1. The number of amides is 1. The molecule has 0 aliphatic rings. The van der Waals surface area contributed by atoms with Crippen LogP contribution in [0.25, 0.3) is 6.08 Å². The molecule has 0 aromatic carbocycles. The van der Waals surface area contributed by atoms with Gasteiger partial charge in [-0.05, 0) is 24.3 Å². The van der Waals surface area contributed by atoms with Gasteiger partial charge in [0.25, 0.3) is 0 Å². The van der Waals surface area contributed by atoms with E-state index in [1.807, 2.05) is 0 Å². The molecule has 0 bridgehead atoms. The van der Waals surface area contributed by atoms with Crippen molar-refractivity contribution in [2.24, 2.45) is 0 Å². The summed E-state index contributed by atoms with van der Waals surface area (Å²) >= 11 is 0. The van der Waals surface area contributed by atoms with Gasteiger partial charge < -0.3 is 4.42 Å². The Hall–Kier alpha value is -1.88. The van der Waals surface area contributed by atoms with Crippen molar-refractivity contribution in [1.29, 1.82) is 0 Å². The number of hydrogen-bond acceptors (Lipinski definition) is 4. The molecule has 80 valence electrons. The van der Waals surface area contributed by atoms with Crippen LogP contribution in [0.3, 0.4) is 0 Å². The number of carbonyl (C=O) groups excluding carboxylic acids is 2. The smallest absolute Gasteiger partial charge is 0.317 e. The standard InChI is InChI=1S/C10H11NO4/c1-11(14-2)10(13)9(12)6-5-8-4-3-7-15-8/h3-7H,1-2H3/b6-5+. The van der Waals surface area contributed by atoms with E-state index >= 15 is 0 Å². The highest BCUT2D eigenvalue weighted by Gasteiger charge is 2.15. The van der Waals surface area contributed by atoms with Crippen LogP contribution in [0.2, 0.25) is 0 Å². The number of hydrogen-bond donors (Lipinski definition) is 0. The predicted octanol–water partition coefficient (Wildman–Crippen LogP) is 0.882. The third-order valence-corrected chi connectivity index (χ3v) is 1.71. The lowest BCUT2D eigenvalue weighted by molar-refractivity contribution is -0.171. The third kappa shape index (κ3) is 3.07. The van der Waals surface area contributed by atoms with Crippen molar-refractivity contribution in [1.82, 2.24) is 5.06 Å². The molecule has 1 amide bonds. The van der Waals surface area contributed by atoms with Crippen LogP contribution < -0.4 is 0 Å². The molecule has 1 heterocycles. The molecule has 0 saturated carbocycles. The van der Waals surface area contributed by atoms with Crippen LogP contribution in [-0.4, -0.2) is 30.9 Å². The Kier molecular flexibility index (Phi) is 3.82. The van der Waals surface area contributed by atoms with Crippen LogP contribution in [0.1, 0.15) is 5.76 Å². The van der Waals surface area contributed by atoms with Gasteiger partial charge in [0.1, 0.15) is 5.76 Å². The van der Waals surface area contributed by atoms with Crippen molar-refractivity contribution in [3.63, 3.8) is 0 Å². The minimum Gasteiger partial charge on any atom is -0.465 e. The van der Waals surface area contributed by atoms with E-state index < -0.39 is 11.7 Å². The molecule has 0 N–H and O–H groups in total. The molecule has 0 atom stereocenters. The predicted molar refractivity (Wildman–Crippen MR) is 52.5 cm³/mol. The van der Waals surface area contributed by atoms with Gasteiger partial charge >= 0.3 is 5.91 Å². The molecule has 5 heteroatoms. The number of ketones is 1. The first-order valence-corrected chi connectivity index (χ1v) is 4.23. The van der Waals surface area contributed by atoms with E-state index in [2.05, 4.69) is 4.84 Å². The number of hydroxylamine groups is 2. The van der Waals surface area contributed by atoms with Crippen LogP contribution in [0.15, 0.2) is 28.9 Å². The summed E-state index contributed by atoms with van der Waals surface area (Å²) in [5, 5.41) is 0.856. The Labute approximate surface area is 86.9 Å². The van der Waals surface area contributed by atoms with Crippen LogP contribution in [0.4, 0.5) is 0 Å². The maximum absolute atomic E-state index is 11.2. The maximum atomic E-state index is 11.2. The number of nitrogens with zero attached hydrogens (tertiary/aromatic N) is 1. The van der Waals surface area contributed by atoms with Crippen LogP contribution >= 0.6 is 0 Å². The summed E-state index contributed by atoms with van der Waals surface area (Å²) in [4.78, 5) is 27.0. The summed E-state index contributed by atoms with van der Waals surface area (Å²) in [5.41, 5.74) is 0. The first-order valence-electron chi connectivity index (χ1n) is 4.23. The highest BCUT2D eigenvalue weighted by atomic mass is 16.7. The van der Waals surface area contributed by atoms with E-state index in [1.54, 1.807) is 12.1 Å². The molecule has 5 nitrogen and oxygen atoms in total. The van der Waals surface area contributed by atoms with E-state index in [0.29, 0.717) is 5.76 Å². The molecule has 1 aromatic heterocycles. The second-order valence-electron chi connectivity index (χ2n) is 2.70. The average molecular weight is 209 g/mol. The Morgan fingerprint density at radius 2 is 2.27 bits per heavy atom. The largest absolute Gasteiger partial charge is 0.465 e. The van der Waals surface area contributed by atoms with Gasteiger partial charge in [0, 0.05) is 7.05 Å². The van der Waals surface area contributed by atoms with E-state index in [4.69, 9.17) is 4.42 Å². The normalized spacial score (nSPS) is 10.5. The van der Waals surface area contributed by atoms with Gasteiger partial charge in [-0.25, -0.2) is 5.06 Å². The number of likely N-dealkylation sites (N-methyl/N-ethyl adjacent to an activating group) is 1. The van der Waals surface area contributed by atoms with Gasteiger partial charge in [-0.1, -0.05) is 0 Å². The highest BCUT2D eigenvalue weighted by Crippen LogP contribution is 2.02. The van der Waals surface area contributed by atoms with Crippen molar-refractivity contribution >= 4 is 17.8 Å². The second-order valence-corrected chi connectivity index (χ2v) is 2.70. The minimum atomic E-state index is -0.736. The topological polar surface area (TPSA) is 59.8 Å². The van der Waals surface area contributed by atoms with Gasteiger partial charge in [0.05, 0.1) is 13.4 Å². The van der Waals surface area contributed by atoms with Crippen LogP contribution in [0.5, 0.6) is 0 Å². The van der Waals surface area contributed by atoms with E-state index in [1.165, 1.54) is 26.5 Å². The van der Waals surface area contributed by atoms with Crippen molar-refractivity contribution in [3.8, 4) is 0 Å². The molecule has 0 spiro atoms. The van der Waals surface area contributed by atoms with Gasteiger partial charge in [-0.3, -0.25) is 14.4 Å². The molecule has 1 aromatic rings. The Morgan fingerprint density at radius 1 is 1.53 bits per heavy atom. The van der Waals surface area contributed by atoms with Crippen LogP contribution in [-0.2, 0) is 14.4 Å². The first-order chi connectivity index (χ1) is 7.15. The molecule has 0 fully saturated rings. The molecular formula is C10H11NO4. The first kappa shape index (κ1) is 11.2. The zero-order valence-electron chi connectivity index (χ0n) is 8.47. The molecule has 0 radical (unpaired) electrons. The zero-order valence-corrected chi connectivity index (χ0v) is 8.47. The summed E-state index contributed by atoms with van der Waals surface area (Å²) in [5.74, 6) is -0.896. The lowest BCUT2D eigenvalue weighted by Crippen LogP contribution is -2.31. The van der Waals surface area contributed by atoms with Crippen molar-refractivity contribution in [3.05, 3.63) is 30.2 Å². The molecule has 0 saturated heterocycles. The fourth-order valence-electron chi connectivity index (χ4n) is 0.853. The number of rotatable bonds is 4. The minimum absolute atomic E-state index is 0.510. The van der Waals surface area contributed by atoms with Crippen molar-refractivity contribution in [2.75, 3.05) is 14.2 Å². The third-order valence-electron chi connectivity index (χ3n) is 1.71. The summed E-state index contributed by atoms with van der Waals surface area (Å²) in [6, 6.07) is 3.36. The molecular weight excluding hydrogens is 198 g/mol. The lowest BCUT2D eigenvalue weighted by atomic mass is 10.3. The summed E-state index contributed by atoms with van der Waals surface area (Å²) < 4.78 is 4.96. The monoisotopic (exact) mass is 209 g/mol. The van der Waals surface area contributed by atoms with Crippen molar-refractivity contribution in [2.45, 2.75) is 0 Å². The summed E-state index contributed by atoms with van der Waals surface area (Å²) in [6.45, 7) is 0. The molecule has 0 aliphatic heterocycles. The second kappa shape index (κ2) is 5.11. The van der Waals surface area contributed by atoms with E-state index in [0.717, 1.165) is 11.1 Å². The molecule has 0 unspecified atom stereocenters. The summed E-state index contributed by atoms with van der Waals surface area (Å²) in [7, 11) is 2.67. The van der Waals surface area contributed by atoms with Gasteiger partial charge in [0.2, 0.25) is 5.78 Å². The number of carbonyl (C=O) groups is 2. The van der Waals surface area contributed by atoms with Gasteiger partial charge in [-0.15, -0.1) is 0 Å². The zero-order chi connectivity index (χ0) is 11.3. The molecule has 1 rings (SSSR count). The highest BCUT2D eigenvalue weighted by molar-refractivity contribution is 6.40. The molecule has 0 aliphatic carbocycles. The van der Waals surface area contributed by atoms with Gasteiger partial charge in [-0.2, -0.15) is 0 Å². The SMILES string of the molecule is CON(C)C(=O)C(=O)/C=C/c1ccco1. The van der Waals surface area contributed by atoms with Gasteiger partial charge in [0.15, 0.2) is 0 Å². The Balaban J connectivity index is 2.60.